The first-order valence-corrected chi connectivity index (χ1v) is 8.01. The number of nitrogens with two attached hydrogens (primary N) is 1. The van der Waals surface area contributed by atoms with Gasteiger partial charge in [-0.25, -0.2) is 0 Å². The molecule has 1 aromatic rings. The van der Waals surface area contributed by atoms with Crippen LogP contribution in [-0.4, -0.2) is 29.4 Å². The Labute approximate surface area is 121 Å². The molecule has 3 nitrogen and oxygen atoms in total. The zero-order valence-corrected chi connectivity index (χ0v) is 13.1. The van der Waals surface area contributed by atoms with Crippen LogP contribution in [0.25, 0.3) is 0 Å². The molecule has 2 rings (SSSR count). The van der Waals surface area contributed by atoms with Crippen molar-refractivity contribution in [2.45, 2.75) is 19.9 Å². The molecule has 0 atom stereocenters. The summed E-state index contributed by atoms with van der Waals surface area (Å²) in [6.45, 7) is 4.93. The summed E-state index contributed by atoms with van der Waals surface area (Å²) in [7, 11) is 0. The Kier molecular flexibility index (Phi) is 4.56. The maximum atomic E-state index is 6.14. The number of aryl methyl sites for hydroxylation is 1. The van der Waals surface area contributed by atoms with Crippen LogP contribution in [-0.2, 0) is 6.54 Å². The van der Waals surface area contributed by atoms with Gasteiger partial charge in [-0.2, -0.15) is 0 Å². The highest BCUT2D eigenvalue weighted by molar-refractivity contribution is 9.10. The molecule has 1 aliphatic rings. The van der Waals surface area contributed by atoms with E-state index in [1.54, 1.807) is 11.8 Å². The molecule has 2 N–H and O–H groups in total. The van der Waals surface area contributed by atoms with Crippen molar-refractivity contribution in [3.63, 3.8) is 0 Å². The van der Waals surface area contributed by atoms with Crippen LogP contribution in [0.15, 0.2) is 21.6 Å². The third kappa shape index (κ3) is 3.01. The first-order chi connectivity index (χ1) is 8.61. The Bertz CT molecular complexity index is 474. The van der Waals surface area contributed by atoms with Gasteiger partial charge in [0.2, 0.25) is 0 Å². The predicted molar refractivity (Wildman–Crippen MR) is 84.1 cm³/mol. The summed E-state index contributed by atoms with van der Waals surface area (Å²) in [6.07, 6.45) is 3.20. The van der Waals surface area contributed by atoms with Gasteiger partial charge in [0.05, 0.1) is 5.69 Å². The molecule has 98 valence electrons. The van der Waals surface area contributed by atoms with E-state index in [1.807, 2.05) is 0 Å². The van der Waals surface area contributed by atoms with E-state index in [1.165, 1.54) is 11.1 Å². The summed E-state index contributed by atoms with van der Waals surface area (Å²) >= 11 is 5.23. The average molecular weight is 328 g/mol. The Morgan fingerprint density at radius 2 is 2.28 bits per heavy atom. The Morgan fingerprint density at radius 3 is 3.00 bits per heavy atom. The fourth-order valence-corrected chi connectivity index (χ4v) is 3.38. The van der Waals surface area contributed by atoms with E-state index in [0.717, 1.165) is 41.4 Å². The van der Waals surface area contributed by atoms with Gasteiger partial charge in [0.15, 0.2) is 5.17 Å². The molecule has 5 heteroatoms. The zero-order chi connectivity index (χ0) is 13.1. The quantitative estimate of drug-likeness (QED) is 0.847. The number of nitrogen functional groups attached to an aromatic ring is 1. The molecule has 0 unspecified atom stereocenters. The Balaban J connectivity index is 2.23. The standard InChI is InChI=1S/C13H18BrN3S/c1-9-6-10(12(15)11(14)7-9)8-17-5-3-4-16-13(17)18-2/h6-7H,3-5,8,15H2,1-2H3. The number of aliphatic imine (C=N–C) groups is 1. The molecule has 0 amide bonds. The second kappa shape index (κ2) is 5.97. The number of hydrogen-bond acceptors (Lipinski definition) is 4. The zero-order valence-electron chi connectivity index (χ0n) is 10.7. The number of amidine groups is 1. The summed E-state index contributed by atoms with van der Waals surface area (Å²) in [5.41, 5.74) is 9.37. The van der Waals surface area contributed by atoms with E-state index in [2.05, 4.69) is 51.1 Å². The van der Waals surface area contributed by atoms with Crippen molar-refractivity contribution in [3.05, 3.63) is 27.7 Å². The van der Waals surface area contributed by atoms with E-state index in [-0.39, 0.29) is 0 Å². The highest BCUT2D eigenvalue weighted by Crippen LogP contribution is 2.27. The second-order valence-corrected chi connectivity index (χ2v) is 6.09. The van der Waals surface area contributed by atoms with Gasteiger partial charge in [0, 0.05) is 24.1 Å². The van der Waals surface area contributed by atoms with Crippen molar-refractivity contribution in [3.8, 4) is 0 Å². The first-order valence-electron chi connectivity index (χ1n) is 5.99. The van der Waals surface area contributed by atoms with E-state index in [0.29, 0.717) is 0 Å². The molecular weight excluding hydrogens is 310 g/mol. The average Bonchev–Trinajstić information content (AvgIpc) is 2.36. The minimum Gasteiger partial charge on any atom is -0.398 e. The monoisotopic (exact) mass is 327 g/mol. The number of benzene rings is 1. The van der Waals surface area contributed by atoms with Gasteiger partial charge in [-0.15, -0.1) is 0 Å². The highest BCUT2D eigenvalue weighted by Gasteiger charge is 2.16. The maximum absolute atomic E-state index is 6.14. The summed E-state index contributed by atoms with van der Waals surface area (Å²) in [5.74, 6) is 0. The van der Waals surface area contributed by atoms with Gasteiger partial charge in [-0.1, -0.05) is 17.8 Å². The lowest BCUT2D eigenvalue weighted by Gasteiger charge is -2.29. The maximum Gasteiger partial charge on any atom is 0.159 e. The molecule has 18 heavy (non-hydrogen) atoms. The normalized spacial score (nSPS) is 15.7. The van der Waals surface area contributed by atoms with Gasteiger partial charge in [-0.05, 0) is 52.7 Å². The largest absolute Gasteiger partial charge is 0.398 e. The van der Waals surface area contributed by atoms with Crippen LogP contribution in [0.3, 0.4) is 0 Å². The number of anilines is 1. The van der Waals surface area contributed by atoms with E-state index in [9.17, 15) is 0 Å². The smallest absolute Gasteiger partial charge is 0.159 e. The van der Waals surface area contributed by atoms with E-state index in [4.69, 9.17) is 5.73 Å². The lowest BCUT2D eigenvalue weighted by Crippen LogP contribution is -2.33. The molecule has 0 aromatic heterocycles. The van der Waals surface area contributed by atoms with Crippen LogP contribution in [0.5, 0.6) is 0 Å². The lowest BCUT2D eigenvalue weighted by atomic mass is 10.1. The number of nitrogens with zero attached hydrogens (tertiary/aromatic N) is 2. The molecule has 0 saturated heterocycles. The van der Waals surface area contributed by atoms with Crippen molar-refractivity contribution in [2.75, 3.05) is 25.1 Å². The van der Waals surface area contributed by atoms with Gasteiger partial charge >= 0.3 is 0 Å². The minimum atomic E-state index is 0.839. The summed E-state index contributed by atoms with van der Waals surface area (Å²) < 4.78 is 0.983. The molecule has 0 saturated carbocycles. The third-order valence-corrected chi connectivity index (χ3v) is 4.42. The Morgan fingerprint density at radius 1 is 1.50 bits per heavy atom. The molecule has 1 aromatic carbocycles. The molecule has 1 aliphatic heterocycles. The van der Waals surface area contributed by atoms with Crippen molar-refractivity contribution in [2.24, 2.45) is 4.99 Å². The fraction of sp³-hybridized carbons (Fsp3) is 0.462. The molecule has 1 heterocycles. The van der Waals surface area contributed by atoms with Crippen molar-refractivity contribution in [1.29, 1.82) is 0 Å². The lowest BCUT2D eigenvalue weighted by molar-refractivity contribution is 0.397. The van der Waals surface area contributed by atoms with Crippen LogP contribution in [0, 0.1) is 6.92 Å². The fourth-order valence-electron chi connectivity index (χ4n) is 2.13. The predicted octanol–water partition coefficient (Wildman–Crippen LogP) is 3.26. The number of halogens is 1. The van der Waals surface area contributed by atoms with Crippen LogP contribution in [0.2, 0.25) is 0 Å². The Hall–Kier alpha value is -0.680. The second-order valence-electron chi connectivity index (χ2n) is 4.46. The summed E-state index contributed by atoms with van der Waals surface area (Å²) in [6, 6.07) is 4.21. The first kappa shape index (κ1) is 13.7. The minimum absolute atomic E-state index is 0.839. The number of hydrogen-bond donors (Lipinski definition) is 1. The molecule has 0 fully saturated rings. The highest BCUT2D eigenvalue weighted by atomic mass is 79.9. The van der Waals surface area contributed by atoms with Crippen molar-refractivity contribution < 1.29 is 0 Å². The summed E-state index contributed by atoms with van der Waals surface area (Å²) in [4.78, 5) is 6.86. The topological polar surface area (TPSA) is 41.6 Å². The SMILES string of the molecule is CSC1=NCCCN1Cc1cc(C)cc(Br)c1N. The molecular formula is C13H18BrN3S. The van der Waals surface area contributed by atoms with Crippen LogP contribution in [0.4, 0.5) is 5.69 Å². The molecule has 0 bridgehead atoms. The van der Waals surface area contributed by atoms with E-state index >= 15 is 0 Å². The summed E-state index contributed by atoms with van der Waals surface area (Å²) in [5, 5.41) is 1.12. The van der Waals surface area contributed by atoms with E-state index < -0.39 is 0 Å². The van der Waals surface area contributed by atoms with Gasteiger partial charge in [0.25, 0.3) is 0 Å². The van der Waals surface area contributed by atoms with Crippen LogP contribution >= 0.6 is 27.7 Å². The molecule has 0 radical (unpaired) electrons. The molecule has 0 aliphatic carbocycles. The van der Waals surface area contributed by atoms with Gasteiger partial charge in [0.1, 0.15) is 0 Å². The molecule has 0 spiro atoms. The van der Waals surface area contributed by atoms with Crippen LogP contribution < -0.4 is 5.73 Å². The van der Waals surface area contributed by atoms with Gasteiger partial charge < -0.3 is 10.6 Å². The number of rotatable bonds is 2. The van der Waals surface area contributed by atoms with Crippen molar-refractivity contribution in [1.82, 2.24) is 4.90 Å². The third-order valence-electron chi connectivity index (χ3n) is 3.01. The van der Waals surface area contributed by atoms with Gasteiger partial charge in [-0.3, -0.25) is 4.99 Å². The van der Waals surface area contributed by atoms with Crippen LogP contribution in [0.1, 0.15) is 17.5 Å². The number of thioether (sulfide) groups is 1. The van der Waals surface area contributed by atoms with Crippen molar-refractivity contribution >= 4 is 38.5 Å².